The molecule has 1 aromatic heterocycles. The average Bonchev–Trinajstić information content (AvgIpc) is 3.14. The molecule has 30 heavy (non-hydrogen) atoms. The first-order valence-corrected chi connectivity index (χ1v) is 10.9. The van der Waals surface area contributed by atoms with Gasteiger partial charge in [0.15, 0.2) is 6.61 Å². The van der Waals surface area contributed by atoms with Crippen molar-refractivity contribution in [1.82, 2.24) is 4.68 Å². The van der Waals surface area contributed by atoms with E-state index in [1.54, 1.807) is 6.08 Å². The number of amides is 1. The molecule has 1 amide bonds. The van der Waals surface area contributed by atoms with Gasteiger partial charge < -0.3 is 10.1 Å². The van der Waals surface area contributed by atoms with Crippen LogP contribution in [0.4, 0.5) is 5.69 Å². The topological polar surface area (TPSA) is 68.0 Å². The Bertz CT molecular complexity index is 1210. The quantitative estimate of drug-likeness (QED) is 0.424. The van der Waals surface area contributed by atoms with Crippen LogP contribution < -0.4 is 14.9 Å². The van der Waals surface area contributed by atoms with E-state index in [-0.39, 0.29) is 12.5 Å². The number of halogens is 1. The fraction of sp³-hybridized carbons (Fsp3) is 0.136. The summed E-state index contributed by atoms with van der Waals surface area (Å²) < 4.78 is 8.32. The Balaban J connectivity index is 1.82. The molecule has 0 bridgehead atoms. The number of aromatic nitrogens is 1. The van der Waals surface area contributed by atoms with Gasteiger partial charge >= 0.3 is 0 Å². The first-order chi connectivity index (χ1) is 14.5. The molecule has 0 unspecified atom stereocenters. The highest BCUT2D eigenvalue weighted by Crippen LogP contribution is 2.33. The second-order valence-electron chi connectivity index (χ2n) is 6.58. The molecule has 0 saturated heterocycles. The predicted octanol–water partition coefficient (Wildman–Crippen LogP) is 4.67. The van der Waals surface area contributed by atoms with Crippen LogP contribution in [0.3, 0.4) is 0 Å². The number of nitrogens with one attached hydrogen (secondary N) is 1. The van der Waals surface area contributed by atoms with E-state index in [4.69, 9.17) is 9.84 Å². The Labute approximate surface area is 186 Å². The molecule has 0 fully saturated rings. The minimum atomic E-state index is -0.163. The summed E-state index contributed by atoms with van der Waals surface area (Å²) in [4.78, 5) is 17.0. The number of carbonyl (C=O) groups is 1. The monoisotopic (exact) mass is 482 g/mol. The number of rotatable bonds is 5. The second-order valence-corrected chi connectivity index (χ2v) is 8.34. The van der Waals surface area contributed by atoms with Crippen molar-refractivity contribution in [2.75, 3.05) is 18.5 Å². The molecule has 0 atom stereocenters. The van der Waals surface area contributed by atoms with Crippen LogP contribution in [-0.2, 0) is 4.79 Å². The zero-order valence-electron chi connectivity index (χ0n) is 16.3. The van der Waals surface area contributed by atoms with Crippen LogP contribution in [-0.4, -0.2) is 29.4 Å². The van der Waals surface area contributed by atoms with E-state index in [0.717, 1.165) is 31.8 Å². The minimum Gasteiger partial charge on any atom is -0.482 e. The lowest BCUT2D eigenvalue weighted by molar-refractivity contribution is -0.118. The highest BCUT2D eigenvalue weighted by molar-refractivity contribution is 9.10. The number of fused-ring (bicyclic) bond motifs is 1. The van der Waals surface area contributed by atoms with Gasteiger partial charge in [-0.05, 0) is 42.8 Å². The molecule has 1 aliphatic rings. The third-order valence-corrected chi connectivity index (χ3v) is 5.84. The number of benzene rings is 2. The fourth-order valence-electron chi connectivity index (χ4n) is 2.99. The van der Waals surface area contributed by atoms with Gasteiger partial charge in [-0.15, -0.1) is 17.9 Å². The molecular weight excluding hydrogens is 464 g/mol. The highest BCUT2D eigenvalue weighted by atomic mass is 79.9. The van der Waals surface area contributed by atoms with Crippen molar-refractivity contribution in [2.45, 2.75) is 6.92 Å². The maximum absolute atomic E-state index is 11.7. The lowest BCUT2D eigenvalue weighted by Crippen LogP contribution is -2.25. The van der Waals surface area contributed by atoms with Crippen LogP contribution in [0.2, 0.25) is 0 Å². The molecule has 4 rings (SSSR count). The minimum absolute atomic E-state index is 0.0338. The molecule has 2 heterocycles. The van der Waals surface area contributed by atoms with E-state index in [2.05, 4.69) is 32.8 Å². The average molecular weight is 483 g/mol. The summed E-state index contributed by atoms with van der Waals surface area (Å²) >= 11 is 4.97. The maximum Gasteiger partial charge on any atom is 0.262 e. The van der Waals surface area contributed by atoms with E-state index in [9.17, 15) is 4.79 Å². The molecule has 0 saturated carbocycles. The zero-order valence-corrected chi connectivity index (χ0v) is 18.7. The van der Waals surface area contributed by atoms with Crippen molar-refractivity contribution in [3.05, 3.63) is 75.3 Å². The molecule has 3 aromatic rings. The van der Waals surface area contributed by atoms with Crippen LogP contribution in [0.15, 0.2) is 75.1 Å². The first-order valence-electron chi connectivity index (χ1n) is 9.25. The van der Waals surface area contributed by atoms with Crippen molar-refractivity contribution in [1.29, 1.82) is 0 Å². The van der Waals surface area contributed by atoms with Crippen LogP contribution in [0.25, 0.3) is 11.3 Å². The summed E-state index contributed by atoms with van der Waals surface area (Å²) in [5.74, 6) is 0.495. The molecule has 1 N–H and O–H groups in total. The van der Waals surface area contributed by atoms with Crippen molar-refractivity contribution < 1.29 is 9.53 Å². The summed E-state index contributed by atoms with van der Waals surface area (Å²) in [6.45, 7) is 6.25. The Morgan fingerprint density at radius 3 is 2.90 bits per heavy atom. The third kappa shape index (κ3) is 4.29. The number of carbonyl (C=O) groups excluding carboxylic acids is 1. The molecule has 6 nitrogen and oxygen atoms in total. The molecule has 0 aliphatic carbocycles. The van der Waals surface area contributed by atoms with Gasteiger partial charge in [0.2, 0.25) is 4.80 Å². The molecule has 0 spiro atoms. The van der Waals surface area contributed by atoms with Crippen LogP contribution >= 0.6 is 27.3 Å². The SMILES string of the molecule is C=CCN=c1scc(-c2ccc3c(c2)NC(=O)CO3)n1N=C(C)c1ccc(Br)cc1. The summed E-state index contributed by atoms with van der Waals surface area (Å²) in [6, 6.07) is 13.7. The van der Waals surface area contributed by atoms with Crippen LogP contribution in [0, 0.1) is 0 Å². The van der Waals surface area contributed by atoms with Gasteiger partial charge in [-0.2, -0.15) is 5.10 Å². The van der Waals surface area contributed by atoms with E-state index < -0.39 is 0 Å². The van der Waals surface area contributed by atoms with Gasteiger partial charge in [0.1, 0.15) is 5.75 Å². The zero-order chi connectivity index (χ0) is 21.1. The number of thiazole rings is 1. The predicted molar refractivity (Wildman–Crippen MR) is 124 cm³/mol. The van der Waals surface area contributed by atoms with Gasteiger partial charge in [-0.25, -0.2) is 4.68 Å². The normalized spacial score (nSPS) is 14.1. The molecular formula is C22H19BrN4O2S. The van der Waals surface area contributed by atoms with E-state index >= 15 is 0 Å². The Hall–Kier alpha value is -2.97. The van der Waals surface area contributed by atoms with Crippen molar-refractivity contribution in [3.63, 3.8) is 0 Å². The smallest absolute Gasteiger partial charge is 0.262 e. The molecule has 152 valence electrons. The van der Waals surface area contributed by atoms with Crippen molar-refractivity contribution in [3.8, 4) is 17.0 Å². The largest absolute Gasteiger partial charge is 0.482 e. The van der Waals surface area contributed by atoms with E-state index in [0.29, 0.717) is 18.0 Å². The standard InChI is InChI=1S/C22H19BrN4O2S/c1-3-10-24-22-27(26-14(2)15-4-7-17(23)8-5-15)19(13-30-22)16-6-9-20-18(11-16)25-21(28)12-29-20/h3-9,11,13H,1,10,12H2,2H3,(H,25,28). The molecule has 8 heteroatoms. The highest BCUT2D eigenvalue weighted by Gasteiger charge is 2.18. The Morgan fingerprint density at radius 1 is 1.33 bits per heavy atom. The maximum atomic E-state index is 11.7. The van der Waals surface area contributed by atoms with E-state index in [1.165, 1.54) is 11.3 Å². The second kappa shape index (κ2) is 8.81. The Morgan fingerprint density at radius 2 is 2.13 bits per heavy atom. The Kier molecular flexibility index (Phi) is 5.96. The van der Waals surface area contributed by atoms with Gasteiger partial charge in [0.05, 0.1) is 23.6 Å². The van der Waals surface area contributed by atoms with Gasteiger partial charge in [-0.1, -0.05) is 34.1 Å². The molecule has 1 aliphatic heterocycles. The van der Waals surface area contributed by atoms with Crippen molar-refractivity contribution in [2.24, 2.45) is 10.1 Å². The van der Waals surface area contributed by atoms with E-state index in [1.807, 2.05) is 59.4 Å². The number of anilines is 1. The molecule has 0 radical (unpaired) electrons. The van der Waals surface area contributed by atoms with Gasteiger partial charge in [0, 0.05) is 15.4 Å². The van der Waals surface area contributed by atoms with Crippen LogP contribution in [0.5, 0.6) is 5.75 Å². The summed E-state index contributed by atoms with van der Waals surface area (Å²) in [5, 5.41) is 9.72. The number of nitrogens with zero attached hydrogens (tertiary/aromatic N) is 3. The van der Waals surface area contributed by atoms with Crippen molar-refractivity contribution >= 4 is 44.6 Å². The first kappa shape index (κ1) is 20.3. The van der Waals surface area contributed by atoms with Crippen LogP contribution in [0.1, 0.15) is 12.5 Å². The number of hydrogen-bond donors (Lipinski definition) is 1. The fourth-order valence-corrected chi connectivity index (χ4v) is 4.09. The summed E-state index contributed by atoms with van der Waals surface area (Å²) in [6.07, 6.45) is 1.75. The van der Waals surface area contributed by atoms with Gasteiger partial charge in [-0.3, -0.25) is 9.79 Å². The third-order valence-electron chi connectivity index (χ3n) is 4.46. The summed E-state index contributed by atoms with van der Waals surface area (Å²) in [7, 11) is 0. The lowest BCUT2D eigenvalue weighted by atomic mass is 10.1. The summed E-state index contributed by atoms with van der Waals surface area (Å²) in [5.41, 5.74) is 4.31. The molecule has 2 aromatic carbocycles. The lowest BCUT2D eigenvalue weighted by Gasteiger charge is -2.18. The van der Waals surface area contributed by atoms with Gasteiger partial charge in [0.25, 0.3) is 5.91 Å². The number of ether oxygens (including phenoxy) is 1. The number of hydrogen-bond acceptors (Lipinski definition) is 5.